The summed E-state index contributed by atoms with van der Waals surface area (Å²) in [4.78, 5) is 13.9. The van der Waals surface area contributed by atoms with Crippen molar-refractivity contribution in [2.24, 2.45) is 0 Å². The third-order valence-corrected chi connectivity index (χ3v) is 5.43. The summed E-state index contributed by atoms with van der Waals surface area (Å²) in [5.41, 5.74) is -0.543. The summed E-state index contributed by atoms with van der Waals surface area (Å²) in [6, 6.07) is 4.11. The summed E-state index contributed by atoms with van der Waals surface area (Å²) in [6.07, 6.45) is 1.01. The van der Waals surface area contributed by atoms with Crippen molar-refractivity contribution in [3.05, 3.63) is 34.0 Å². The van der Waals surface area contributed by atoms with Crippen LogP contribution in [-0.2, 0) is 11.3 Å². The molecule has 1 aromatic carbocycles. The molecular formula is C19H24ClFN4O3S. The number of rotatable bonds is 5. The molecule has 0 unspecified atom stereocenters. The molecule has 0 bridgehead atoms. The molecule has 10 heteroatoms. The van der Waals surface area contributed by atoms with E-state index in [1.54, 1.807) is 0 Å². The lowest BCUT2D eigenvalue weighted by Gasteiger charge is -2.31. The third kappa shape index (κ3) is 6.43. The van der Waals surface area contributed by atoms with Crippen LogP contribution in [0.2, 0.25) is 5.02 Å². The lowest BCUT2D eigenvalue weighted by molar-refractivity contribution is 0.0523. The summed E-state index contributed by atoms with van der Waals surface area (Å²) in [7, 11) is 0. The van der Waals surface area contributed by atoms with E-state index in [2.05, 4.69) is 20.4 Å². The highest BCUT2D eigenvalue weighted by atomic mass is 35.5. The van der Waals surface area contributed by atoms with Gasteiger partial charge in [-0.05, 0) is 32.9 Å². The Hall–Kier alpha value is -2.13. The van der Waals surface area contributed by atoms with Gasteiger partial charge < -0.3 is 19.7 Å². The van der Waals surface area contributed by atoms with Crippen LogP contribution in [0, 0.1) is 5.82 Å². The second-order valence-electron chi connectivity index (χ2n) is 7.71. The van der Waals surface area contributed by atoms with Crippen molar-refractivity contribution in [3.63, 3.8) is 0 Å². The predicted molar refractivity (Wildman–Crippen MR) is 110 cm³/mol. The number of carbonyl (C=O) groups is 1. The molecule has 1 saturated heterocycles. The molecule has 158 valence electrons. The van der Waals surface area contributed by atoms with Gasteiger partial charge in [-0.25, -0.2) is 9.18 Å². The normalized spacial score (nSPS) is 15.3. The van der Waals surface area contributed by atoms with Crippen molar-refractivity contribution >= 4 is 34.2 Å². The molecule has 2 heterocycles. The molecule has 1 aliphatic heterocycles. The number of hydrogen-bond donors (Lipinski definition) is 1. The maximum Gasteiger partial charge on any atom is 0.408 e. The Labute approximate surface area is 178 Å². The fourth-order valence-electron chi connectivity index (χ4n) is 2.82. The molecule has 0 radical (unpaired) electrons. The Morgan fingerprint density at radius 1 is 1.34 bits per heavy atom. The number of halogens is 2. The molecule has 7 nitrogen and oxygen atoms in total. The monoisotopic (exact) mass is 442 g/mol. The largest absolute Gasteiger partial charge is 0.489 e. The zero-order valence-corrected chi connectivity index (χ0v) is 18.1. The van der Waals surface area contributed by atoms with Gasteiger partial charge in [0.05, 0.1) is 11.6 Å². The lowest BCUT2D eigenvalue weighted by Crippen LogP contribution is -2.38. The number of aromatic nitrogens is 2. The van der Waals surface area contributed by atoms with Crippen molar-refractivity contribution in [2.45, 2.75) is 51.9 Å². The average Bonchev–Trinajstić information content (AvgIpc) is 3.11. The number of piperidine rings is 1. The zero-order chi connectivity index (χ0) is 21.0. The van der Waals surface area contributed by atoms with Gasteiger partial charge in [0.25, 0.3) is 0 Å². The van der Waals surface area contributed by atoms with Crippen LogP contribution >= 0.6 is 22.9 Å². The molecule has 3 rings (SSSR count). The van der Waals surface area contributed by atoms with E-state index in [-0.39, 0.29) is 18.5 Å². The molecule has 29 heavy (non-hydrogen) atoms. The molecule has 0 spiro atoms. The molecule has 1 fully saturated rings. The Kier molecular flexibility index (Phi) is 6.79. The van der Waals surface area contributed by atoms with Gasteiger partial charge in [0.2, 0.25) is 5.13 Å². The Morgan fingerprint density at radius 3 is 2.76 bits per heavy atom. The van der Waals surface area contributed by atoms with E-state index < -0.39 is 11.7 Å². The second kappa shape index (κ2) is 9.13. The quantitative estimate of drug-likeness (QED) is 0.739. The van der Waals surface area contributed by atoms with E-state index in [0.29, 0.717) is 15.8 Å². The van der Waals surface area contributed by atoms with Gasteiger partial charge in [0.15, 0.2) is 0 Å². The maximum atomic E-state index is 13.4. The molecule has 1 aromatic heterocycles. The maximum absolute atomic E-state index is 13.4. The summed E-state index contributed by atoms with van der Waals surface area (Å²) < 4.78 is 24.5. The van der Waals surface area contributed by atoms with E-state index in [1.165, 1.54) is 29.5 Å². The molecular weight excluding hydrogens is 419 g/mol. The number of nitrogens with one attached hydrogen (secondary N) is 1. The van der Waals surface area contributed by atoms with Crippen molar-refractivity contribution < 1.29 is 18.7 Å². The number of benzene rings is 1. The summed E-state index contributed by atoms with van der Waals surface area (Å²) in [6.45, 7) is 7.18. The Bertz CT molecular complexity index is 850. The average molecular weight is 443 g/mol. The topological polar surface area (TPSA) is 76.6 Å². The van der Waals surface area contributed by atoms with Crippen LogP contribution in [0.15, 0.2) is 18.2 Å². The standard InChI is InChI=1S/C19H24ClFN4O3S/c1-19(2,3)28-18(26)22-11-16-23-24-17(29-16)25-8-6-13(7-9-25)27-15-10-12(21)4-5-14(15)20/h4-5,10,13H,6-9,11H2,1-3H3,(H,22,26). The van der Waals surface area contributed by atoms with Crippen molar-refractivity contribution in [1.29, 1.82) is 0 Å². The number of ether oxygens (including phenoxy) is 2. The number of hydrogen-bond acceptors (Lipinski definition) is 7. The van der Waals surface area contributed by atoms with E-state index >= 15 is 0 Å². The van der Waals surface area contributed by atoms with Crippen LogP contribution in [-0.4, -0.2) is 41.1 Å². The Balaban J connectivity index is 1.47. The number of anilines is 1. The van der Waals surface area contributed by atoms with Gasteiger partial charge in [0, 0.05) is 32.0 Å². The van der Waals surface area contributed by atoms with Crippen molar-refractivity contribution in [1.82, 2.24) is 15.5 Å². The minimum absolute atomic E-state index is 0.0354. The van der Waals surface area contributed by atoms with Crippen molar-refractivity contribution in [2.75, 3.05) is 18.0 Å². The first kappa shape index (κ1) is 21.6. The minimum atomic E-state index is -0.543. The van der Waals surface area contributed by atoms with E-state index in [9.17, 15) is 9.18 Å². The van der Waals surface area contributed by atoms with E-state index in [1.807, 2.05) is 20.8 Å². The summed E-state index contributed by atoms with van der Waals surface area (Å²) in [5.74, 6) is -0.000230. The highest BCUT2D eigenvalue weighted by Crippen LogP contribution is 2.30. The third-order valence-electron chi connectivity index (χ3n) is 4.14. The summed E-state index contributed by atoms with van der Waals surface area (Å²) in [5, 5.41) is 12.9. The molecule has 0 atom stereocenters. The van der Waals surface area contributed by atoms with Gasteiger partial charge >= 0.3 is 6.09 Å². The number of nitrogens with zero attached hydrogens (tertiary/aromatic N) is 3. The smallest absolute Gasteiger partial charge is 0.408 e. The molecule has 2 aromatic rings. The van der Waals surface area contributed by atoms with Gasteiger partial charge in [-0.3, -0.25) is 0 Å². The van der Waals surface area contributed by atoms with Gasteiger partial charge in [0.1, 0.15) is 28.3 Å². The van der Waals surface area contributed by atoms with Gasteiger partial charge in [-0.15, -0.1) is 10.2 Å². The van der Waals surface area contributed by atoms with Crippen LogP contribution in [0.5, 0.6) is 5.75 Å². The molecule has 1 aliphatic rings. The minimum Gasteiger partial charge on any atom is -0.489 e. The molecule has 1 N–H and O–H groups in total. The summed E-state index contributed by atoms with van der Waals surface area (Å²) >= 11 is 7.50. The Morgan fingerprint density at radius 2 is 2.07 bits per heavy atom. The van der Waals surface area contributed by atoms with Gasteiger partial charge in [-0.1, -0.05) is 22.9 Å². The second-order valence-corrected chi connectivity index (χ2v) is 9.16. The first-order chi connectivity index (χ1) is 13.7. The first-order valence-corrected chi connectivity index (χ1v) is 10.5. The van der Waals surface area contributed by atoms with Gasteiger partial charge in [-0.2, -0.15) is 0 Å². The van der Waals surface area contributed by atoms with Crippen LogP contribution in [0.1, 0.15) is 38.6 Å². The highest BCUT2D eigenvalue weighted by molar-refractivity contribution is 7.15. The van der Waals surface area contributed by atoms with Crippen molar-refractivity contribution in [3.8, 4) is 5.75 Å². The fourth-order valence-corrected chi connectivity index (χ4v) is 3.81. The lowest BCUT2D eigenvalue weighted by atomic mass is 10.1. The van der Waals surface area contributed by atoms with E-state index in [4.69, 9.17) is 21.1 Å². The SMILES string of the molecule is CC(C)(C)OC(=O)NCc1nnc(N2CCC(Oc3cc(F)ccc3Cl)CC2)s1. The van der Waals surface area contributed by atoms with Crippen LogP contribution in [0.3, 0.4) is 0 Å². The molecule has 0 aliphatic carbocycles. The predicted octanol–water partition coefficient (Wildman–Crippen LogP) is 4.40. The number of carbonyl (C=O) groups excluding carboxylic acids is 1. The zero-order valence-electron chi connectivity index (χ0n) is 16.6. The number of alkyl carbamates (subject to hydrolysis) is 1. The highest BCUT2D eigenvalue weighted by Gasteiger charge is 2.24. The van der Waals surface area contributed by atoms with Crippen LogP contribution < -0.4 is 15.0 Å². The fraction of sp³-hybridized carbons (Fsp3) is 0.526. The molecule has 0 saturated carbocycles. The van der Waals surface area contributed by atoms with Crippen LogP contribution in [0.4, 0.5) is 14.3 Å². The first-order valence-electron chi connectivity index (χ1n) is 9.35. The number of amides is 1. The van der Waals surface area contributed by atoms with E-state index in [0.717, 1.165) is 31.1 Å². The van der Waals surface area contributed by atoms with Crippen LogP contribution in [0.25, 0.3) is 0 Å². The molecule has 1 amide bonds.